The minimum absolute atomic E-state index is 0.150. The van der Waals surface area contributed by atoms with Gasteiger partial charge in [0.25, 0.3) is 0 Å². The Balaban J connectivity index is 1.53. The lowest BCUT2D eigenvalue weighted by atomic mass is 9.59. The number of hydrogen-bond acceptors (Lipinski definition) is 1. The van der Waals surface area contributed by atoms with E-state index in [1.165, 1.54) is 0 Å². The summed E-state index contributed by atoms with van der Waals surface area (Å²) in [5.41, 5.74) is 9.14. The molecule has 0 fully saturated rings. The van der Waals surface area contributed by atoms with Crippen molar-refractivity contribution >= 4 is 166 Å². The zero-order valence-electron chi connectivity index (χ0n) is 29.0. The topological polar surface area (TPSA) is 17.8 Å². The van der Waals surface area contributed by atoms with E-state index < -0.39 is 0 Å². The third-order valence-electron chi connectivity index (χ3n) is 10.3. The first-order chi connectivity index (χ1) is 25.4. The van der Waals surface area contributed by atoms with Crippen molar-refractivity contribution in [3.8, 4) is 39.1 Å². The number of nitrogens with zero attached hydrogens (tertiary/aromatic N) is 2. The van der Waals surface area contributed by atoms with Gasteiger partial charge in [0, 0.05) is 17.2 Å². The van der Waals surface area contributed by atoms with E-state index in [-0.39, 0.29) is 54.6 Å². The van der Waals surface area contributed by atoms with Gasteiger partial charge >= 0.3 is 0 Å². The van der Waals surface area contributed by atoms with E-state index in [0.29, 0.717) is 23.1 Å². The number of aromatic nitrogens is 2. The summed E-state index contributed by atoms with van der Waals surface area (Å²) >= 11 is 0. The number of hydrogen-bond donors (Lipinski definition) is 0. The van der Waals surface area contributed by atoms with E-state index in [1.54, 1.807) is 0 Å². The fourth-order valence-electron chi connectivity index (χ4n) is 7.58. The first-order valence-corrected chi connectivity index (χ1v) is 17.0. The molecule has 0 bridgehead atoms. The van der Waals surface area contributed by atoms with Gasteiger partial charge in [0.1, 0.15) is 84.3 Å². The molecule has 0 unspecified atom stereocenters. The molecule has 0 amide bonds. The van der Waals surface area contributed by atoms with Gasteiger partial charge in [-0.05, 0) is 68.4 Å². The van der Waals surface area contributed by atoms with Crippen LogP contribution in [0.15, 0.2) is 91.0 Å². The molecule has 0 spiro atoms. The maximum Gasteiger partial charge on any atom is 0.114 e. The van der Waals surface area contributed by atoms with Gasteiger partial charge in [0.2, 0.25) is 0 Å². The highest BCUT2D eigenvalue weighted by atomic mass is 15.1. The molecular weight excluding hydrogens is 629 g/mol. The van der Waals surface area contributed by atoms with Gasteiger partial charge < -0.3 is 0 Å². The number of aryl methyl sites for hydroxylation is 1. The lowest BCUT2D eigenvalue weighted by Gasteiger charge is -2.24. The molecule has 0 atom stereocenters. The second-order valence-electron chi connectivity index (χ2n) is 13.2. The van der Waals surface area contributed by atoms with Crippen molar-refractivity contribution in [3.05, 3.63) is 96.8 Å². The standard InChI is InChI=1S/C41H20B10N2/c1-2-27-52-25-12-5-6-13-26(25)53(27)41-22-11-4-3-10-21(22)28(18-8-7-9-19(16-18)29-31(42)35(46)39(50)36(47)32(29)43)24-17-20(14-15-23(24)41)30-33(44)37(48)40(51)38(49)34(30)45/h3-17H,2H2,1H3. The Morgan fingerprint density at radius 2 is 0.906 bits per heavy atom. The normalized spacial score (nSPS) is 11.6. The van der Waals surface area contributed by atoms with Crippen LogP contribution in [0, 0.1) is 0 Å². The zero-order chi connectivity index (χ0) is 37.5. The van der Waals surface area contributed by atoms with Crippen molar-refractivity contribution < 1.29 is 0 Å². The summed E-state index contributed by atoms with van der Waals surface area (Å²) in [6.45, 7) is 2.11. The molecule has 53 heavy (non-hydrogen) atoms. The van der Waals surface area contributed by atoms with Gasteiger partial charge in [-0.3, -0.25) is 4.57 Å². The molecule has 0 aliphatic carbocycles. The second-order valence-corrected chi connectivity index (χ2v) is 13.2. The van der Waals surface area contributed by atoms with Crippen molar-refractivity contribution in [1.82, 2.24) is 9.55 Å². The van der Waals surface area contributed by atoms with Crippen LogP contribution in [0.4, 0.5) is 0 Å². The fraction of sp³-hybridized carbons (Fsp3) is 0.0488. The monoisotopic (exact) mass is 650 g/mol. The lowest BCUT2D eigenvalue weighted by Crippen LogP contribution is -2.55. The van der Waals surface area contributed by atoms with Crippen LogP contribution in [0.25, 0.3) is 71.6 Å². The van der Waals surface area contributed by atoms with Crippen molar-refractivity contribution in [2.24, 2.45) is 0 Å². The van der Waals surface area contributed by atoms with Gasteiger partial charge in [-0.15, -0.1) is 32.8 Å². The molecule has 12 heteroatoms. The summed E-state index contributed by atoms with van der Waals surface area (Å²) < 4.78 is 2.25. The van der Waals surface area contributed by atoms with Crippen molar-refractivity contribution in [2.45, 2.75) is 13.3 Å². The average Bonchev–Trinajstić information content (AvgIpc) is 3.55. The summed E-state index contributed by atoms with van der Waals surface area (Å²) in [6, 6.07) is 30.5. The molecule has 0 saturated carbocycles. The van der Waals surface area contributed by atoms with Crippen molar-refractivity contribution in [3.63, 3.8) is 0 Å². The van der Waals surface area contributed by atoms with E-state index in [0.717, 1.165) is 60.8 Å². The fourth-order valence-corrected chi connectivity index (χ4v) is 7.58. The van der Waals surface area contributed by atoms with Crippen LogP contribution >= 0.6 is 0 Å². The molecule has 224 valence electrons. The van der Waals surface area contributed by atoms with Gasteiger partial charge in [-0.1, -0.05) is 95.5 Å². The third kappa shape index (κ3) is 5.35. The van der Waals surface area contributed by atoms with E-state index in [2.05, 4.69) is 41.8 Å². The molecule has 8 rings (SSSR count). The Hall–Kier alpha value is -4.82. The number of benzene rings is 7. The maximum absolute atomic E-state index is 6.62. The molecule has 0 aliphatic rings. The maximum atomic E-state index is 6.62. The highest BCUT2D eigenvalue weighted by molar-refractivity contribution is 6.70. The molecule has 8 aromatic rings. The summed E-state index contributed by atoms with van der Waals surface area (Å²) in [5, 5.41) is 3.86. The van der Waals surface area contributed by atoms with Crippen LogP contribution in [-0.4, -0.2) is 88.0 Å². The largest absolute Gasteiger partial charge is 0.295 e. The Kier molecular flexibility index (Phi) is 8.80. The number of imidazole rings is 1. The highest BCUT2D eigenvalue weighted by Gasteiger charge is 2.23. The molecular formula is C41H20B10N2. The van der Waals surface area contributed by atoms with E-state index in [9.17, 15) is 0 Å². The average molecular weight is 649 g/mol. The molecule has 1 aromatic heterocycles. The van der Waals surface area contributed by atoms with E-state index in [4.69, 9.17) is 83.4 Å². The molecule has 20 radical (unpaired) electrons. The summed E-state index contributed by atoms with van der Waals surface area (Å²) in [4.78, 5) is 5.04. The molecule has 7 aromatic carbocycles. The predicted octanol–water partition coefficient (Wildman–Crippen LogP) is -1.17. The quantitative estimate of drug-likeness (QED) is 0.170. The van der Waals surface area contributed by atoms with Gasteiger partial charge in [0.15, 0.2) is 0 Å². The number of fused-ring (bicyclic) bond motifs is 3. The van der Waals surface area contributed by atoms with Crippen LogP contribution in [0.1, 0.15) is 12.7 Å². The molecule has 0 N–H and O–H groups in total. The van der Waals surface area contributed by atoms with Crippen molar-refractivity contribution in [2.75, 3.05) is 0 Å². The van der Waals surface area contributed by atoms with Gasteiger partial charge in [0.05, 0.1) is 16.7 Å². The van der Waals surface area contributed by atoms with Crippen LogP contribution in [0.2, 0.25) is 0 Å². The first-order valence-electron chi connectivity index (χ1n) is 17.0. The molecule has 1 heterocycles. The zero-order valence-corrected chi connectivity index (χ0v) is 29.0. The van der Waals surface area contributed by atoms with Crippen molar-refractivity contribution in [1.29, 1.82) is 0 Å². The molecule has 2 nitrogen and oxygen atoms in total. The smallest absolute Gasteiger partial charge is 0.114 e. The summed E-state index contributed by atoms with van der Waals surface area (Å²) in [6.07, 6.45) is 0.708. The number of para-hydroxylation sites is 2. The van der Waals surface area contributed by atoms with E-state index >= 15 is 0 Å². The minimum atomic E-state index is 0.150. The van der Waals surface area contributed by atoms with E-state index in [1.807, 2.05) is 60.7 Å². The van der Waals surface area contributed by atoms with Gasteiger partial charge in [-0.25, -0.2) is 4.98 Å². The molecule has 0 saturated heterocycles. The third-order valence-corrected chi connectivity index (χ3v) is 10.3. The Morgan fingerprint density at radius 3 is 1.49 bits per heavy atom. The van der Waals surface area contributed by atoms with Crippen LogP contribution in [0.3, 0.4) is 0 Å². The Morgan fingerprint density at radius 1 is 0.434 bits per heavy atom. The minimum Gasteiger partial charge on any atom is -0.295 e. The molecule has 0 aliphatic heterocycles. The predicted molar refractivity (Wildman–Crippen MR) is 236 cm³/mol. The Labute approximate surface area is 323 Å². The second kappa shape index (κ2) is 13.2. The SMILES string of the molecule is [B]c1c([B])c([B])c(-c2cccc(-c3c4ccccc4c(-n4c(CC)nc5ccccc54)c4ccc(-c5c([B])c([B])c([B])c([B])c5[B])cc34)c2)c([B])c1[B]. The Bertz CT molecular complexity index is 2780. The van der Waals surface area contributed by atoms with Crippen LogP contribution in [0.5, 0.6) is 0 Å². The lowest BCUT2D eigenvalue weighted by molar-refractivity contribution is 0.917. The number of rotatable bonds is 5. The highest BCUT2D eigenvalue weighted by Crippen LogP contribution is 2.44. The summed E-state index contributed by atoms with van der Waals surface area (Å²) in [5.74, 6) is 0.925. The van der Waals surface area contributed by atoms with Gasteiger partial charge in [-0.2, -0.15) is 0 Å². The first kappa shape index (κ1) is 35.2. The summed E-state index contributed by atoms with van der Waals surface area (Å²) in [7, 11) is 64.0. The van der Waals surface area contributed by atoms with Crippen LogP contribution < -0.4 is 54.6 Å². The van der Waals surface area contributed by atoms with Crippen LogP contribution in [-0.2, 0) is 6.42 Å².